The highest BCUT2D eigenvalue weighted by molar-refractivity contribution is 5.92. The molecule has 1 amide bonds. The molecule has 136 valence electrons. The minimum absolute atomic E-state index is 0.0122. The number of amides is 1. The van der Waals surface area contributed by atoms with Gasteiger partial charge in [0, 0.05) is 25.1 Å². The Hall–Kier alpha value is -2.77. The Bertz CT molecular complexity index is 869. The molecule has 0 bridgehead atoms. The number of piperidine rings is 1. The van der Waals surface area contributed by atoms with Crippen molar-refractivity contribution in [3.8, 4) is 0 Å². The minimum atomic E-state index is -0.241. The lowest BCUT2D eigenvalue weighted by Crippen LogP contribution is -2.39. The molecule has 8 heteroatoms. The second-order valence-corrected chi connectivity index (χ2v) is 6.69. The fraction of sp³-hybridized carbons (Fsp3) is 0.444. The van der Waals surface area contributed by atoms with Crippen molar-refractivity contribution in [1.29, 1.82) is 0 Å². The summed E-state index contributed by atoms with van der Waals surface area (Å²) in [6.07, 6.45) is 6.92. The van der Waals surface area contributed by atoms with Crippen LogP contribution in [0.5, 0.6) is 0 Å². The van der Waals surface area contributed by atoms with Crippen molar-refractivity contribution >= 4 is 5.91 Å². The lowest BCUT2D eigenvalue weighted by molar-refractivity contribution is 0.0685. The van der Waals surface area contributed by atoms with Gasteiger partial charge in [-0.3, -0.25) is 4.79 Å². The van der Waals surface area contributed by atoms with Crippen LogP contribution in [0, 0.1) is 6.92 Å². The summed E-state index contributed by atoms with van der Waals surface area (Å²) in [5.41, 5.74) is 0.315. The maximum Gasteiger partial charge on any atom is 0.276 e. The third kappa shape index (κ3) is 3.31. The largest absolute Gasteiger partial charge is 0.361 e. The molecule has 1 saturated heterocycles. The van der Waals surface area contributed by atoms with E-state index in [2.05, 4.69) is 15.3 Å². The summed E-state index contributed by atoms with van der Waals surface area (Å²) in [6, 6.07) is 1.64. The average molecular weight is 358 g/mol. The Morgan fingerprint density at radius 3 is 2.96 bits per heavy atom. The number of carbonyl (C=O) groups excluding carboxylic acids is 1. The molecule has 7 nitrogen and oxygen atoms in total. The molecule has 1 aliphatic carbocycles. The van der Waals surface area contributed by atoms with Crippen LogP contribution in [0.25, 0.3) is 0 Å². The molecule has 0 spiro atoms. The Balaban J connectivity index is 1.45. The van der Waals surface area contributed by atoms with Crippen LogP contribution in [-0.2, 0) is 0 Å². The molecular formula is C18H19FN4O3. The summed E-state index contributed by atoms with van der Waals surface area (Å²) in [5, 5.41) is 7.85. The number of aryl methyl sites for hydroxylation is 1. The van der Waals surface area contributed by atoms with Crippen molar-refractivity contribution in [2.45, 2.75) is 38.0 Å². The zero-order chi connectivity index (χ0) is 18.1. The molecule has 0 aromatic carbocycles. The van der Waals surface area contributed by atoms with Gasteiger partial charge < -0.3 is 13.9 Å². The van der Waals surface area contributed by atoms with E-state index in [0.29, 0.717) is 42.7 Å². The molecule has 1 fully saturated rings. The smallest absolute Gasteiger partial charge is 0.276 e. The standard InChI is InChI=1S/C18H19FN4O3/c1-11-9-15(21-25-11)18(24)23-8-2-3-13(10-23)17-20-16(22-26-17)12-4-6-14(19)7-5-12/h4,6-7,9,12-13H,2-3,5,8,10H2,1H3/t12?,13-/m0/s1. The molecule has 2 atom stereocenters. The number of hydrogen-bond acceptors (Lipinski definition) is 6. The maximum absolute atomic E-state index is 13.1. The molecule has 1 aliphatic heterocycles. The minimum Gasteiger partial charge on any atom is -0.361 e. The van der Waals surface area contributed by atoms with Crippen LogP contribution < -0.4 is 0 Å². The van der Waals surface area contributed by atoms with Gasteiger partial charge in [-0.2, -0.15) is 4.98 Å². The first-order chi connectivity index (χ1) is 12.6. The van der Waals surface area contributed by atoms with Gasteiger partial charge in [0.2, 0.25) is 5.89 Å². The van der Waals surface area contributed by atoms with Crippen LogP contribution >= 0.6 is 0 Å². The Labute approximate surface area is 149 Å². The van der Waals surface area contributed by atoms with E-state index < -0.39 is 0 Å². The second kappa shape index (κ2) is 6.86. The van der Waals surface area contributed by atoms with Gasteiger partial charge in [-0.15, -0.1) is 0 Å². The second-order valence-electron chi connectivity index (χ2n) is 6.69. The van der Waals surface area contributed by atoms with Crippen molar-refractivity contribution in [2.24, 2.45) is 0 Å². The molecule has 2 aliphatic rings. The van der Waals surface area contributed by atoms with Crippen LogP contribution in [0.2, 0.25) is 0 Å². The van der Waals surface area contributed by atoms with Gasteiger partial charge in [0.1, 0.15) is 11.6 Å². The Kier molecular flexibility index (Phi) is 4.40. The van der Waals surface area contributed by atoms with Crippen molar-refractivity contribution in [3.63, 3.8) is 0 Å². The van der Waals surface area contributed by atoms with Crippen LogP contribution in [0.15, 0.2) is 39.2 Å². The van der Waals surface area contributed by atoms with E-state index in [9.17, 15) is 9.18 Å². The molecule has 0 radical (unpaired) electrons. The summed E-state index contributed by atoms with van der Waals surface area (Å²) in [4.78, 5) is 18.8. The molecule has 26 heavy (non-hydrogen) atoms. The van der Waals surface area contributed by atoms with Gasteiger partial charge in [-0.05, 0) is 38.3 Å². The van der Waals surface area contributed by atoms with Gasteiger partial charge >= 0.3 is 0 Å². The molecule has 2 aromatic rings. The van der Waals surface area contributed by atoms with Crippen molar-refractivity contribution in [2.75, 3.05) is 13.1 Å². The van der Waals surface area contributed by atoms with Crippen molar-refractivity contribution < 1.29 is 18.2 Å². The zero-order valence-corrected chi connectivity index (χ0v) is 14.4. The first-order valence-electron chi connectivity index (χ1n) is 8.70. The summed E-state index contributed by atoms with van der Waals surface area (Å²) in [5.74, 6) is 1.20. The number of carbonyl (C=O) groups is 1. The number of halogens is 1. The normalized spacial score (nSPS) is 23.2. The molecule has 4 rings (SSSR count). The Morgan fingerprint density at radius 1 is 1.35 bits per heavy atom. The van der Waals surface area contributed by atoms with Gasteiger partial charge in [0.25, 0.3) is 5.91 Å². The quantitative estimate of drug-likeness (QED) is 0.837. The van der Waals surface area contributed by atoms with Crippen LogP contribution in [-0.4, -0.2) is 39.2 Å². The van der Waals surface area contributed by atoms with Gasteiger partial charge in [0.15, 0.2) is 11.5 Å². The van der Waals surface area contributed by atoms with Gasteiger partial charge in [-0.25, -0.2) is 4.39 Å². The van der Waals surface area contributed by atoms with E-state index in [1.54, 1.807) is 24.0 Å². The molecule has 2 aromatic heterocycles. The van der Waals surface area contributed by atoms with E-state index in [4.69, 9.17) is 9.05 Å². The fourth-order valence-corrected chi connectivity index (χ4v) is 3.34. The highest BCUT2D eigenvalue weighted by atomic mass is 19.1. The molecule has 1 unspecified atom stereocenters. The number of hydrogen-bond donors (Lipinski definition) is 0. The number of likely N-dealkylation sites (tertiary alicyclic amines) is 1. The van der Waals surface area contributed by atoms with Crippen molar-refractivity contribution in [1.82, 2.24) is 20.2 Å². The average Bonchev–Trinajstić information content (AvgIpc) is 3.31. The summed E-state index contributed by atoms with van der Waals surface area (Å²) in [7, 11) is 0. The number of allylic oxidation sites excluding steroid dienone is 4. The first-order valence-corrected chi connectivity index (χ1v) is 8.70. The van der Waals surface area contributed by atoms with E-state index >= 15 is 0 Å². The molecular weight excluding hydrogens is 339 g/mol. The highest BCUT2D eigenvalue weighted by Gasteiger charge is 2.31. The van der Waals surface area contributed by atoms with Crippen LogP contribution in [0.4, 0.5) is 4.39 Å². The van der Waals surface area contributed by atoms with E-state index in [0.717, 1.165) is 12.8 Å². The van der Waals surface area contributed by atoms with Gasteiger partial charge in [-0.1, -0.05) is 16.4 Å². The lowest BCUT2D eigenvalue weighted by atomic mass is 9.97. The van der Waals surface area contributed by atoms with Crippen LogP contribution in [0.1, 0.15) is 59.1 Å². The van der Waals surface area contributed by atoms with Crippen molar-refractivity contribution in [3.05, 3.63) is 53.3 Å². The van der Waals surface area contributed by atoms with E-state index in [-0.39, 0.29) is 23.6 Å². The van der Waals surface area contributed by atoms with Crippen LogP contribution in [0.3, 0.4) is 0 Å². The summed E-state index contributed by atoms with van der Waals surface area (Å²) in [6.45, 7) is 2.92. The number of nitrogens with zero attached hydrogens (tertiary/aromatic N) is 4. The topological polar surface area (TPSA) is 85.3 Å². The highest BCUT2D eigenvalue weighted by Crippen LogP contribution is 2.30. The van der Waals surface area contributed by atoms with Gasteiger partial charge in [0.05, 0.1) is 5.92 Å². The number of aromatic nitrogens is 3. The monoisotopic (exact) mass is 358 g/mol. The molecule has 3 heterocycles. The maximum atomic E-state index is 13.1. The molecule has 0 saturated carbocycles. The number of rotatable bonds is 3. The van der Waals surface area contributed by atoms with E-state index in [1.807, 2.05) is 0 Å². The third-order valence-corrected chi connectivity index (χ3v) is 4.75. The fourth-order valence-electron chi connectivity index (χ4n) is 3.34. The zero-order valence-electron chi connectivity index (χ0n) is 14.4. The summed E-state index contributed by atoms with van der Waals surface area (Å²) < 4.78 is 23.5. The predicted molar refractivity (Wildman–Crippen MR) is 89.1 cm³/mol. The lowest BCUT2D eigenvalue weighted by Gasteiger charge is -2.30. The Morgan fingerprint density at radius 2 is 2.23 bits per heavy atom. The summed E-state index contributed by atoms with van der Waals surface area (Å²) >= 11 is 0. The first kappa shape index (κ1) is 16.7. The van der Waals surface area contributed by atoms with E-state index in [1.165, 1.54) is 12.2 Å². The molecule has 0 N–H and O–H groups in total. The third-order valence-electron chi connectivity index (χ3n) is 4.75. The SMILES string of the molecule is Cc1cc(C(=O)N2CCC[C@H](c3nc(C4C=CC(F)=CC4)no3)C2)no1. The predicted octanol–water partition coefficient (Wildman–Crippen LogP) is 3.28.